The van der Waals surface area contributed by atoms with Crippen LogP contribution in [0.5, 0.6) is 11.5 Å². The van der Waals surface area contributed by atoms with Gasteiger partial charge in [-0.2, -0.15) is 8.78 Å². The number of benzene rings is 3. The Hall–Kier alpha value is -3.87. The van der Waals surface area contributed by atoms with Gasteiger partial charge in [-0.05, 0) is 54.6 Å². The molecular weight excluding hydrogens is 623 g/mol. The third-order valence-electron chi connectivity index (χ3n) is 5.84. The summed E-state index contributed by atoms with van der Waals surface area (Å²) in [7, 11) is -4.55. The number of rotatable bonds is 11. The first kappa shape index (κ1) is 32.1. The van der Waals surface area contributed by atoms with Crippen molar-refractivity contribution in [2.24, 2.45) is 0 Å². The fraction of sp³-hybridized carbons (Fsp3) is 0.214. The molecule has 1 heterocycles. The van der Waals surface area contributed by atoms with Crippen molar-refractivity contribution in [3.63, 3.8) is 0 Å². The maximum Gasteiger partial charge on any atom is 0.355 e. The van der Waals surface area contributed by atoms with E-state index < -0.39 is 66.2 Å². The minimum atomic E-state index is -4.55. The SMILES string of the molecule is CCCOC(=O)[C@H](C)N[P@](=O)(Oc1ccccc1)[C@@H](F)c1ccc2sc(C(=O)Oc3c(F)c(F)c(F)c(F)c3F)cc2c1. The molecule has 0 bridgehead atoms. The number of hydrogen-bond acceptors (Lipinski definition) is 7. The molecule has 1 aromatic heterocycles. The zero-order chi connectivity index (χ0) is 31.5. The first-order chi connectivity index (χ1) is 20.4. The molecule has 0 radical (unpaired) electrons. The Bertz CT molecular complexity index is 1690. The lowest BCUT2D eigenvalue weighted by Gasteiger charge is -2.26. The van der Waals surface area contributed by atoms with Gasteiger partial charge in [-0.3, -0.25) is 9.36 Å². The molecule has 0 saturated carbocycles. The summed E-state index contributed by atoms with van der Waals surface area (Å²) >= 11 is 0.720. The highest BCUT2D eigenvalue weighted by molar-refractivity contribution is 7.57. The fourth-order valence-electron chi connectivity index (χ4n) is 3.75. The number of esters is 2. The van der Waals surface area contributed by atoms with Crippen molar-refractivity contribution in [2.75, 3.05) is 6.61 Å². The Balaban J connectivity index is 1.63. The molecule has 3 atom stereocenters. The molecule has 0 aliphatic heterocycles. The molecule has 4 rings (SSSR count). The minimum Gasteiger partial charge on any atom is -0.465 e. The molecule has 4 aromatic rings. The van der Waals surface area contributed by atoms with Gasteiger partial charge in [-0.25, -0.2) is 27.4 Å². The van der Waals surface area contributed by atoms with Crippen LogP contribution in [0.15, 0.2) is 54.6 Å². The molecule has 0 amide bonds. The van der Waals surface area contributed by atoms with Crippen LogP contribution in [-0.2, 0) is 14.1 Å². The van der Waals surface area contributed by atoms with Crippen LogP contribution < -0.4 is 14.3 Å². The Labute approximate surface area is 244 Å². The highest BCUT2D eigenvalue weighted by Gasteiger charge is 2.41. The van der Waals surface area contributed by atoms with E-state index in [1.807, 2.05) is 0 Å². The summed E-state index contributed by atoms with van der Waals surface area (Å²) < 4.78 is 114. The second kappa shape index (κ2) is 13.2. The van der Waals surface area contributed by atoms with Crippen LogP contribution in [0.4, 0.5) is 26.3 Å². The van der Waals surface area contributed by atoms with Gasteiger partial charge in [0, 0.05) is 4.70 Å². The van der Waals surface area contributed by atoms with Gasteiger partial charge in [0.1, 0.15) is 16.7 Å². The van der Waals surface area contributed by atoms with Crippen LogP contribution in [0.3, 0.4) is 0 Å². The molecule has 0 unspecified atom stereocenters. The molecular formula is C28H22F6NO6PS. The molecule has 1 N–H and O–H groups in total. The maximum absolute atomic E-state index is 16.0. The van der Waals surface area contributed by atoms with E-state index in [0.717, 1.165) is 17.4 Å². The topological polar surface area (TPSA) is 90.9 Å². The molecule has 0 aliphatic carbocycles. The smallest absolute Gasteiger partial charge is 0.355 e. The fourth-order valence-corrected chi connectivity index (χ4v) is 6.58. The van der Waals surface area contributed by atoms with Crippen molar-refractivity contribution in [3.8, 4) is 11.5 Å². The van der Waals surface area contributed by atoms with Crippen molar-refractivity contribution in [3.05, 3.63) is 94.1 Å². The number of thiophene rings is 1. The van der Waals surface area contributed by atoms with E-state index in [4.69, 9.17) is 9.26 Å². The van der Waals surface area contributed by atoms with Gasteiger partial charge >= 0.3 is 19.5 Å². The van der Waals surface area contributed by atoms with Gasteiger partial charge in [0.25, 0.3) is 0 Å². The molecule has 0 fully saturated rings. The standard InChI is InChI=1S/C28H22F6NO6PS/c1-3-11-39-27(36)14(2)35-42(38,41-17-7-5-4-6-8-17)26(34)15-9-10-18-16(12-15)13-19(43-18)28(37)40-25-23(32)21(30)20(29)22(31)24(25)33/h4-10,12-14,26H,3,11H2,1-2H3,(H,35,38)/t14-,26+,42+/m0/s1. The maximum atomic E-state index is 16.0. The highest BCUT2D eigenvalue weighted by Crippen LogP contribution is 2.58. The Morgan fingerprint density at radius 2 is 1.56 bits per heavy atom. The van der Waals surface area contributed by atoms with Crippen molar-refractivity contribution in [1.29, 1.82) is 0 Å². The van der Waals surface area contributed by atoms with Crippen LogP contribution in [0.2, 0.25) is 0 Å². The van der Waals surface area contributed by atoms with Gasteiger partial charge in [0.05, 0.1) is 6.61 Å². The number of fused-ring (bicyclic) bond motifs is 1. The molecule has 7 nitrogen and oxygen atoms in total. The monoisotopic (exact) mass is 645 g/mol. The normalized spacial score (nSPS) is 14.1. The molecule has 0 saturated heterocycles. The van der Waals surface area contributed by atoms with Crippen molar-refractivity contribution in [1.82, 2.24) is 5.09 Å². The van der Waals surface area contributed by atoms with Gasteiger partial charge in [-0.1, -0.05) is 31.2 Å². The Morgan fingerprint density at radius 3 is 2.19 bits per heavy atom. The number of para-hydroxylation sites is 1. The number of alkyl halides is 1. The van der Waals surface area contributed by atoms with Crippen LogP contribution in [0, 0.1) is 29.1 Å². The Morgan fingerprint density at radius 1 is 0.930 bits per heavy atom. The molecule has 3 aromatic carbocycles. The summed E-state index contributed by atoms with van der Waals surface area (Å²) in [5, 5.41) is 2.62. The molecule has 15 heteroatoms. The Kier molecular flexibility index (Phi) is 9.83. The van der Waals surface area contributed by atoms with E-state index in [1.165, 1.54) is 37.3 Å². The second-order valence-corrected chi connectivity index (χ2v) is 12.2. The number of carbonyl (C=O) groups excluding carboxylic acids is 2. The predicted octanol–water partition coefficient (Wildman–Crippen LogP) is 7.99. The van der Waals surface area contributed by atoms with Crippen LogP contribution >= 0.6 is 18.9 Å². The average molecular weight is 646 g/mol. The zero-order valence-electron chi connectivity index (χ0n) is 22.3. The number of halogens is 6. The number of hydrogen-bond donors (Lipinski definition) is 1. The lowest BCUT2D eigenvalue weighted by atomic mass is 10.2. The van der Waals surface area contributed by atoms with Crippen molar-refractivity contribution >= 4 is 40.9 Å². The average Bonchev–Trinajstić information content (AvgIpc) is 3.43. The minimum absolute atomic E-state index is 0.0462. The number of carbonyl (C=O) groups is 2. The second-order valence-electron chi connectivity index (χ2n) is 9.05. The lowest BCUT2D eigenvalue weighted by molar-refractivity contribution is -0.145. The molecule has 0 spiro atoms. The van der Waals surface area contributed by atoms with Crippen LogP contribution in [0.25, 0.3) is 10.1 Å². The van der Waals surface area contributed by atoms with Crippen LogP contribution in [-0.4, -0.2) is 24.6 Å². The number of ether oxygens (including phenoxy) is 2. The summed E-state index contributed by atoms with van der Waals surface area (Å²) in [6.07, 6.45) is 0.528. The predicted molar refractivity (Wildman–Crippen MR) is 145 cm³/mol. The van der Waals surface area contributed by atoms with Gasteiger partial charge in [0.15, 0.2) is 0 Å². The van der Waals surface area contributed by atoms with Gasteiger partial charge in [-0.15, -0.1) is 11.3 Å². The largest absolute Gasteiger partial charge is 0.465 e. The summed E-state index contributed by atoms with van der Waals surface area (Å²) in [6.45, 7) is 3.20. The van der Waals surface area contributed by atoms with E-state index >= 15 is 4.39 Å². The van der Waals surface area contributed by atoms with Crippen LogP contribution in [0.1, 0.15) is 41.4 Å². The third kappa shape index (κ3) is 6.87. The number of nitrogens with one attached hydrogen (secondary N) is 1. The zero-order valence-corrected chi connectivity index (χ0v) is 24.0. The summed E-state index contributed by atoms with van der Waals surface area (Å²) in [5.41, 5.74) is -0.189. The highest BCUT2D eigenvalue weighted by atomic mass is 32.1. The third-order valence-corrected chi connectivity index (χ3v) is 9.06. The van der Waals surface area contributed by atoms with E-state index in [2.05, 4.69) is 9.82 Å². The van der Waals surface area contributed by atoms with Gasteiger partial charge < -0.3 is 14.0 Å². The molecule has 43 heavy (non-hydrogen) atoms. The quantitative estimate of drug-likeness (QED) is 0.0442. The lowest BCUT2D eigenvalue weighted by Crippen LogP contribution is -2.35. The van der Waals surface area contributed by atoms with E-state index in [1.54, 1.807) is 25.1 Å². The van der Waals surface area contributed by atoms with E-state index in [9.17, 15) is 36.1 Å². The summed E-state index contributed by atoms with van der Waals surface area (Å²) in [6, 6.07) is 11.4. The summed E-state index contributed by atoms with van der Waals surface area (Å²) in [5.74, 6) is -18.0. The summed E-state index contributed by atoms with van der Waals surface area (Å²) in [4.78, 5) is 24.6. The molecule has 0 aliphatic rings. The molecule has 228 valence electrons. The first-order valence-electron chi connectivity index (χ1n) is 12.6. The van der Waals surface area contributed by atoms with Gasteiger partial charge in [0.2, 0.25) is 40.7 Å². The first-order valence-corrected chi connectivity index (χ1v) is 15.1. The van der Waals surface area contributed by atoms with E-state index in [0.29, 0.717) is 11.1 Å². The van der Waals surface area contributed by atoms with Crippen molar-refractivity contribution < 1.29 is 54.5 Å². The van der Waals surface area contributed by atoms with Crippen molar-refractivity contribution in [2.45, 2.75) is 32.2 Å². The van der Waals surface area contributed by atoms with E-state index in [-0.39, 0.29) is 28.2 Å².